The molecular formula is C12H12N2O3S. The highest BCUT2D eigenvalue weighted by atomic mass is 32.1. The number of hydrogen-bond donors (Lipinski definition) is 1. The molecule has 0 spiro atoms. The predicted octanol–water partition coefficient (Wildman–Crippen LogP) is 2.17. The molecule has 1 saturated carbocycles. The lowest BCUT2D eigenvalue weighted by Crippen LogP contribution is -2.40. The molecule has 1 aliphatic rings. The average molecular weight is 264 g/mol. The number of anilines is 1. The van der Waals surface area contributed by atoms with E-state index in [1.54, 1.807) is 11.4 Å². The molecule has 1 N–H and O–H groups in total. The monoisotopic (exact) mass is 264 g/mol. The van der Waals surface area contributed by atoms with Crippen LogP contribution in [0.1, 0.15) is 28.9 Å². The number of carbonyl (C=O) groups is 2. The molecule has 1 fully saturated rings. The standard InChI is InChI=1S/C12H12N2O3S/c1-17-10(15)9-8(3-6-18-9)14-11(16)12(7-13)4-2-5-12/h3,6H,2,4-5H2,1H3,(H,14,16). The second-order valence-electron chi connectivity index (χ2n) is 4.16. The molecule has 0 radical (unpaired) electrons. The number of rotatable bonds is 3. The molecule has 1 amide bonds. The second kappa shape index (κ2) is 4.78. The Hall–Kier alpha value is -1.87. The molecule has 0 atom stereocenters. The summed E-state index contributed by atoms with van der Waals surface area (Å²) in [6.45, 7) is 0. The predicted molar refractivity (Wildman–Crippen MR) is 66.2 cm³/mol. The van der Waals surface area contributed by atoms with Crippen molar-refractivity contribution in [3.8, 4) is 6.07 Å². The number of nitrogens with one attached hydrogen (secondary N) is 1. The van der Waals surface area contributed by atoms with Crippen LogP contribution in [0.3, 0.4) is 0 Å². The van der Waals surface area contributed by atoms with Crippen LogP contribution in [-0.2, 0) is 9.53 Å². The molecule has 0 unspecified atom stereocenters. The van der Waals surface area contributed by atoms with Gasteiger partial charge in [-0.2, -0.15) is 5.26 Å². The number of methoxy groups -OCH3 is 1. The van der Waals surface area contributed by atoms with E-state index in [0.29, 0.717) is 23.4 Å². The normalized spacial score (nSPS) is 16.2. The first-order valence-electron chi connectivity index (χ1n) is 5.51. The summed E-state index contributed by atoms with van der Waals surface area (Å²) in [5.41, 5.74) is -0.506. The first-order valence-corrected chi connectivity index (χ1v) is 6.39. The fourth-order valence-electron chi connectivity index (χ4n) is 1.82. The Morgan fingerprint density at radius 3 is 2.78 bits per heavy atom. The van der Waals surface area contributed by atoms with Crippen molar-refractivity contribution in [2.24, 2.45) is 5.41 Å². The summed E-state index contributed by atoms with van der Waals surface area (Å²) < 4.78 is 4.62. The molecule has 94 valence electrons. The number of thiophene rings is 1. The summed E-state index contributed by atoms with van der Waals surface area (Å²) in [5.74, 6) is -0.820. The summed E-state index contributed by atoms with van der Waals surface area (Å²) in [4.78, 5) is 23.8. The van der Waals surface area contributed by atoms with Crippen molar-refractivity contribution in [2.45, 2.75) is 19.3 Å². The molecule has 0 aliphatic heterocycles. The number of esters is 1. The first-order chi connectivity index (χ1) is 8.63. The van der Waals surface area contributed by atoms with E-state index in [9.17, 15) is 9.59 Å². The zero-order valence-electron chi connectivity index (χ0n) is 9.86. The molecule has 6 heteroatoms. The van der Waals surface area contributed by atoms with Gasteiger partial charge in [0.2, 0.25) is 5.91 Å². The highest BCUT2D eigenvalue weighted by Crippen LogP contribution is 2.41. The Morgan fingerprint density at radius 1 is 1.56 bits per heavy atom. The molecule has 0 saturated heterocycles. The Balaban J connectivity index is 2.15. The Bertz CT molecular complexity index is 526. The first kappa shape index (κ1) is 12.6. The van der Waals surface area contributed by atoms with Crippen molar-refractivity contribution < 1.29 is 14.3 Å². The Kier molecular flexibility index (Phi) is 3.34. The van der Waals surface area contributed by atoms with Gasteiger partial charge < -0.3 is 10.1 Å². The van der Waals surface area contributed by atoms with Gasteiger partial charge in [0.1, 0.15) is 10.3 Å². The van der Waals surface area contributed by atoms with Crippen LogP contribution in [0.4, 0.5) is 5.69 Å². The zero-order valence-corrected chi connectivity index (χ0v) is 10.7. The molecule has 5 nitrogen and oxygen atoms in total. The van der Waals surface area contributed by atoms with Crippen molar-refractivity contribution in [2.75, 3.05) is 12.4 Å². The third-order valence-electron chi connectivity index (χ3n) is 3.14. The van der Waals surface area contributed by atoms with Gasteiger partial charge in [-0.1, -0.05) is 0 Å². The van der Waals surface area contributed by atoms with Gasteiger partial charge in [0, 0.05) is 0 Å². The quantitative estimate of drug-likeness (QED) is 0.848. The molecule has 1 aromatic heterocycles. The molecule has 1 heterocycles. The van der Waals surface area contributed by atoms with Crippen LogP contribution in [-0.4, -0.2) is 19.0 Å². The van der Waals surface area contributed by atoms with Gasteiger partial charge in [-0.25, -0.2) is 4.79 Å². The van der Waals surface area contributed by atoms with Gasteiger partial charge in [0.15, 0.2) is 0 Å². The summed E-state index contributed by atoms with van der Waals surface area (Å²) in [5, 5.41) is 13.4. The van der Waals surface area contributed by atoms with Gasteiger partial charge >= 0.3 is 5.97 Å². The molecule has 2 rings (SSSR count). The minimum absolute atomic E-state index is 0.334. The average Bonchev–Trinajstić information content (AvgIpc) is 2.75. The molecule has 0 bridgehead atoms. The lowest BCUT2D eigenvalue weighted by Gasteiger charge is -2.33. The molecule has 18 heavy (non-hydrogen) atoms. The van der Waals surface area contributed by atoms with Gasteiger partial charge in [-0.15, -0.1) is 11.3 Å². The number of nitriles is 1. The minimum Gasteiger partial charge on any atom is -0.465 e. The molecule has 1 aromatic rings. The van der Waals surface area contributed by atoms with Crippen molar-refractivity contribution in [3.05, 3.63) is 16.3 Å². The topological polar surface area (TPSA) is 79.2 Å². The number of carbonyl (C=O) groups excluding carboxylic acids is 2. The van der Waals surface area contributed by atoms with E-state index in [-0.39, 0.29) is 5.91 Å². The van der Waals surface area contributed by atoms with Crippen molar-refractivity contribution in [1.29, 1.82) is 5.26 Å². The number of ether oxygens (including phenoxy) is 1. The summed E-state index contributed by atoms with van der Waals surface area (Å²) in [6.07, 6.45) is 2.04. The molecular weight excluding hydrogens is 252 g/mol. The van der Waals surface area contributed by atoms with Gasteiger partial charge in [-0.3, -0.25) is 4.79 Å². The SMILES string of the molecule is COC(=O)c1sccc1NC(=O)C1(C#N)CCC1. The Morgan fingerprint density at radius 2 is 2.28 bits per heavy atom. The number of hydrogen-bond acceptors (Lipinski definition) is 5. The fourth-order valence-corrected chi connectivity index (χ4v) is 2.59. The number of amides is 1. The van der Waals surface area contributed by atoms with E-state index >= 15 is 0 Å². The smallest absolute Gasteiger partial charge is 0.350 e. The van der Waals surface area contributed by atoms with Crippen LogP contribution >= 0.6 is 11.3 Å². The van der Waals surface area contributed by atoms with Gasteiger partial charge in [0.05, 0.1) is 18.9 Å². The fraction of sp³-hybridized carbons (Fsp3) is 0.417. The van der Waals surface area contributed by atoms with Crippen LogP contribution in [0.5, 0.6) is 0 Å². The van der Waals surface area contributed by atoms with Gasteiger partial charge in [-0.05, 0) is 30.7 Å². The third kappa shape index (κ3) is 1.97. The van der Waals surface area contributed by atoms with Crippen LogP contribution in [0.15, 0.2) is 11.4 Å². The van der Waals surface area contributed by atoms with Crippen LogP contribution in [0.25, 0.3) is 0 Å². The zero-order chi connectivity index (χ0) is 13.2. The van der Waals surface area contributed by atoms with Crippen LogP contribution < -0.4 is 5.32 Å². The van der Waals surface area contributed by atoms with E-state index < -0.39 is 11.4 Å². The van der Waals surface area contributed by atoms with E-state index in [2.05, 4.69) is 16.1 Å². The van der Waals surface area contributed by atoms with E-state index in [1.807, 2.05) is 0 Å². The lowest BCUT2D eigenvalue weighted by atomic mass is 9.69. The summed E-state index contributed by atoms with van der Waals surface area (Å²) in [6, 6.07) is 3.70. The van der Waals surface area contributed by atoms with Crippen molar-refractivity contribution in [1.82, 2.24) is 0 Å². The van der Waals surface area contributed by atoms with Crippen LogP contribution in [0.2, 0.25) is 0 Å². The summed E-state index contributed by atoms with van der Waals surface area (Å²) >= 11 is 1.20. The molecule has 1 aliphatic carbocycles. The van der Waals surface area contributed by atoms with Crippen LogP contribution in [0, 0.1) is 16.7 Å². The van der Waals surface area contributed by atoms with Crippen molar-refractivity contribution in [3.63, 3.8) is 0 Å². The third-order valence-corrected chi connectivity index (χ3v) is 4.03. The van der Waals surface area contributed by atoms with E-state index in [1.165, 1.54) is 18.4 Å². The largest absolute Gasteiger partial charge is 0.465 e. The highest BCUT2D eigenvalue weighted by molar-refractivity contribution is 7.12. The number of nitrogens with zero attached hydrogens (tertiary/aromatic N) is 1. The van der Waals surface area contributed by atoms with Crippen molar-refractivity contribution >= 4 is 28.9 Å². The second-order valence-corrected chi connectivity index (χ2v) is 5.07. The van der Waals surface area contributed by atoms with E-state index in [0.717, 1.165) is 6.42 Å². The highest BCUT2D eigenvalue weighted by Gasteiger charge is 2.44. The lowest BCUT2D eigenvalue weighted by molar-refractivity contribution is -0.126. The molecule has 0 aromatic carbocycles. The summed E-state index contributed by atoms with van der Waals surface area (Å²) in [7, 11) is 1.29. The van der Waals surface area contributed by atoms with Gasteiger partial charge in [0.25, 0.3) is 0 Å². The Labute approximate surface area is 108 Å². The maximum Gasteiger partial charge on any atom is 0.350 e. The minimum atomic E-state index is -0.921. The maximum absolute atomic E-state index is 12.0. The maximum atomic E-state index is 12.0. The van der Waals surface area contributed by atoms with E-state index in [4.69, 9.17) is 5.26 Å².